The van der Waals surface area contributed by atoms with Gasteiger partial charge in [0.05, 0.1) is 0 Å². The summed E-state index contributed by atoms with van der Waals surface area (Å²) in [5.41, 5.74) is 1.63. The first-order valence-electron chi connectivity index (χ1n) is 5.86. The Balaban J connectivity index is 2.17. The van der Waals surface area contributed by atoms with E-state index in [2.05, 4.69) is 15.5 Å². The Hall–Kier alpha value is -2.24. The van der Waals surface area contributed by atoms with E-state index in [4.69, 9.17) is 0 Å². The highest BCUT2D eigenvalue weighted by Crippen LogP contribution is 2.38. The normalized spacial score (nSPS) is 18.1. The van der Waals surface area contributed by atoms with Crippen molar-refractivity contribution in [3.63, 3.8) is 0 Å². The fourth-order valence-corrected chi connectivity index (χ4v) is 2.48. The van der Waals surface area contributed by atoms with Crippen LogP contribution in [0.1, 0.15) is 29.2 Å². The largest absolute Gasteiger partial charge is 0.309 e. The number of hydrogen-bond donors (Lipinski definition) is 2. The van der Waals surface area contributed by atoms with E-state index in [1.54, 1.807) is 6.92 Å². The zero-order chi connectivity index (χ0) is 13.6. The van der Waals surface area contributed by atoms with Crippen molar-refractivity contribution in [2.24, 2.45) is 0 Å². The maximum absolute atomic E-state index is 13.9. The summed E-state index contributed by atoms with van der Waals surface area (Å²) in [5.74, 6) is -1.42. The molecule has 2 heterocycles. The number of rotatable bonds is 1. The summed E-state index contributed by atoms with van der Waals surface area (Å²) in [6, 6.07) is 3.27. The lowest BCUT2D eigenvalue weighted by atomic mass is 9.85. The number of amides is 1. The number of carbonyl (C=O) groups is 1. The van der Waals surface area contributed by atoms with Gasteiger partial charge in [-0.05, 0) is 30.7 Å². The molecule has 3 rings (SSSR count). The van der Waals surface area contributed by atoms with Crippen LogP contribution in [0.2, 0.25) is 0 Å². The Morgan fingerprint density at radius 3 is 2.95 bits per heavy atom. The third-order valence-corrected chi connectivity index (χ3v) is 3.32. The first-order chi connectivity index (χ1) is 9.06. The number of H-pyrrole nitrogens is 1. The number of nitrogens with zero attached hydrogens (tertiary/aromatic N) is 1. The van der Waals surface area contributed by atoms with Gasteiger partial charge in [-0.3, -0.25) is 9.89 Å². The number of hydrogen-bond acceptors (Lipinski definition) is 2. The average molecular weight is 263 g/mol. The van der Waals surface area contributed by atoms with Gasteiger partial charge < -0.3 is 5.32 Å². The molecule has 1 atom stereocenters. The van der Waals surface area contributed by atoms with Crippen LogP contribution >= 0.6 is 0 Å². The van der Waals surface area contributed by atoms with Gasteiger partial charge in [-0.2, -0.15) is 5.10 Å². The zero-order valence-electron chi connectivity index (χ0n) is 10.1. The van der Waals surface area contributed by atoms with Crippen molar-refractivity contribution in [3.8, 4) is 0 Å². The van der Waals surface area contributed by atoms with E-state index in [0.29, 0.717) is 11.4 Å². The van der Waals surface area contributed by atoms with Crippen LogP contribution in [0, 0.1) is 18.6 Å². The minimum atomic E-state index is -0.523. The molecule has 19 heavy (non-hydrogen) atoms. The summed E-state index contributed by atoms with van der Waals surface area (Å²) in [6.45, 7) is 1.79. The molecular formula is C13H11F2N3O. The van der Waals surface area contributed by atoms with Crippen LogP contribution in [0.15, 0.2) is 18.2 Å². The molecule has 1 aromatic carbocycles. The molecule has 0 saturated carbocycles. The highest BCUT2D eigenvalue weighted by atomic mass is 19.1. The molecular weight excluding hydrogens is 252 g/mol. The van der Waals surface area contributed by atoms with Gasteiger partial charge in [0.25, 0.3) is 0 Å². The Morgan fingerprint density at radius 1 is 1.37 bits per heavy atom. The van der Waals surface area contributed by atoms with E-state index in [9.17, 15) is 13.6 Å². The van der Waals surface area contributed by atoms with E-state index in [1.807, 2.05) is 0 Å². The minimum Gasteiger partial charge on any atom is -0.309 e. The lowest BCUT2D eigenvalue weighted by Gasteiger charge is -2.23. The topological polar surface area (TPSA) is 57.8 Å². The second-order valence-electron chi connectivity index (χ2n) is 4.58. The third-order valence-electron chi connectivity index (χ3n) is 3.32. The number of aromatic amines is 1. The molecule has 0 aliphatic carbocycles. The lowest BCUT2D eigenvalue weighted by molar-refractivity contribution is -0.116. The van der Waals surface area contributed by atoms with Crippen molar-refractivity contribution in [2.45, 2.75) is 19.3 Å². The van der Waals surface area contributed by atoms with Gasteiger partial charge in [0.15, 0.2) is 5.82 Å². The number of fused-ring (bicyclic) bond motifs is 1. The van der Waals surface area contributed by atoms with Crippen molar-refractivity contribution in [2.75, 3.05) is 5.32 Å². The monoisotopic (exact) mass is 263 g/mol. The molecule has 1 aliphatic rings. The fraction of sp³-hybridized carbons (Fsp3) is 0.231. The molecule has 1 amide bonds. The molecule has 0 radical (unpaired) electrons. The standard InChI is InChI=1S/C13H11F2N3O/c1-6-12-9(5-11(19)16-13(12)18-17-6)8-4-7(14)2-3-10(8)15/h2-4,9H,5H2,1H3,(H2,16,17,18,19)/t9-/m0/s1. The Morgan fingerprint density at radius 2 is 2.16 bits per heavy atom. The minimum absolute atomic E-state index is 0.0771. The van der Waals surface area contributed by atoms with Crippen molar-refractivity contribution >= 4 is 11.7 Å². The molecule has 98 valence electrons. The maximum Gasteiger partial charge on any atom is 0.226 e. The van der Waals surface area contributed by atoms with Crippen LogP contribution in [-0.2, 0) is 4.79 Å². The highest BCUT2D eigenvalue weighted by Gasteiger charge is 2.32. The number of anilines is 1. The lowest BCUT2D eigenvalue weighted by Crippen LogP contribution is -2.24. The predicted molar refractivity (Wildman–Crippen MR) is 64.8 cm³/mol. The number of nitrogens with one attached hydrogen (secondary N) is 2. The van der Waals surface area contributed by atoms with Crippen LogP contribution in [-0.4, -0.2) is 16.1 Å². The predicted octanol–water partition coefficient (Wildman–Crippen LogP) is 2.47. The van der Waals surface area contributed by atoms with E-state index >= 15 is 0 Å². The molecule has 1 aromatic heterocycles. The number of benzene rings is 1. The number of aromatic nitrogens is 2. The fourth-order valence-electron chi connectivity index (χ4n) is 2.48. The van der Waals surface area contributed by atoms with Crippen molar-refractivity contribution in [1.82, 2.24) is 10.2 Å². The van der Waals surface area contributed by atoms with Gasteiger partial charge in [-0.15, -0.1) is 0 Å². The molecule has 0 unspecified atom stereocenters. The van der Waals surface area contributed by atoms with Crippen LogP contribution in [0.3, 0.4) is 0 Å². The Labute approximate surface area is 107 Å². The SMILES string of the molecule is Cc1[nH]nc2c1[C@H](c1cc(F)ccc1F)CC(=O)N2. The van der Waals surface area contributed by atoms with Crippen LogP contribution in [0.5, 0.6) is 0 Å². The van der Waals surface area contributed by atoms with Crippen molar-refractivity contribution in [3.05, 3.63) is 46.7 Å². The molecule has 6 heteroatoms. The molecule has 0 fully saturated rings. The summed E-state index contributed by atoms with van der Waals surface area (Å²) < 4.78 is 27.2. The molecule has 0 bridgehead atoms. The van der Waals surface area contributed by atoms with Gasteiger partial charge in [0, 0.05) is 23.6 Å². The molecule has 0 saturated heterocycles. The molecule has 0 spiro atoms. The number of carbonyl (C=O) groups excluding carboxylic acids is 1. The first kappa shape index (κ1) is 11.8. The quantitative estimate of drug-likeness (QED) is 0.830. The second-order valence-corrected chi connectivity index (χ2v) is 4.58. The molecule has 2 aromatic rings. The summed E-state index contributed by atoms with van der Waals surface area (Å²) in [5, 5.41) is 9.33. The summed E-state index contributed by atoms with van der Waals surface area (Å²) >= 11 is 0. The third kappa shape index (κ3) is 1.89. The van der Waals surface area contributed by atoms with Crippen molar-refractivity contribution in [1.29, 1.82) is 0 Å². The van der Waals surface area contributed by atoms with Gasteiger partial charge in [0.1, 0.15) is 11.6 Å². The summed E-state index contributed by atoms with van der Waals surface area (Å²) in [7, 11) is 0. The maximum atomic E-state index is 13.9. The van der Waals surface area contributed by atoms with Gasteiger partial charge in [0.2, 0.25) is 5.91 Å². The molecule has 2 N–H and O–H groups in total. The van der Waals surface area contributed by atoms with E-state index in [-0.39, 0.29) is 17.9 Å². The number of halogens is 2. The number of aryl methyl sites for hydroxylation is 1. The Bertz CT molecular complexity index is 666. The van der Waals surface area contributed by atoms with E-state index in [0.717, 1.165) is 23.9 Å². The van der Waals surface area contributed by atoms with Crippen LogP contribution in [0.25, 0.3) is 0 Å². The van der Waals surface area contributed by atoms with Gasteiger partial charge >= 0.3 is 0 Å². The average Bonchev–Trinajstić information content (AvgIpc) is 2.73. The smallest absolute Gasteiger partial charge is 0.226 e. The van der Waals surface area contributed by atoms with Crippen LogP contribution < -0.4 is 5.32 Å². The second kappa shape index (κ2) is 4.15. The summed E-state index contributed by atoms with van der Waals surface area (Å²) in [4.78, 5) is 11.6. The highest BCUT2D eigenvalue weighted by molar-refractivity contribution is 5.94. The first-order valence-corrected chi connectivity index (χ1v) is 5.86. The van der Waals surface area contributed by atoms with Crippen molar-refractivity contribution < 1.29 is 13.6 Å². The van der Waals surface area contributed by atoms with E-state index in [1.165, 1.54) is 0 Å². The zero-order valence-corrected chi connectivity index (χ0v) is 10.1. The molecule has 4 nitrogen and oxygen atoms in total. The van der Waals surface area contributed by atoms with Gasteiger partial charge in [-0.25, -0.2) is 8.78 Å². The summed E-state index contributed by atoms with van der Waals surface area (Å²) in [6.07, 6.45) is 0.0771. The van der Waals surface area contributed by atoms with Gasteiger partial charge in [-0.1, -0.05) is 0 Å². The van der Waals surface area contributed by atoms with Crippen LogP contribution in [0.4, 0.5) is 14.6 Å². The molecule has 1 aliphatic heterocycles. The van der Waals surface area contributed by atoms with E-state index < -0.39 is 17.6 Å². The Kier molecular flexibility index (Phi) is 2.58.